The van der Waals surface area contributed by atoms with Crippen LogP contribution in [0.3, 0.4) is 0 Å². The van der Waals surface area contributed by atoms with Gasteiger partial charge >= 0.3 is 0 Å². The molecule has 0 aliphatic heterocycles. The highest BCUT2D eigenvalue weighted by Crippen LogP contribution is 2.39. The van der Waals surface area contributed by atoms with Gasteiger partial charge < -0.3 is 24.8 Å². The van der Waals surface area contributed by atoms with Crippen molar-refractivity contribution in [2.45, 2.75) is 13.5 Å². The molecule has 0 heterocycles. The Hall–Kier alpha value is -4.00. The molecule has 0 saturated heterocycles. The molecule has 0 saturated carbocycles. The van der Waals surface area contributed by atoms with Crippen molar-refractivity contribution < 1.29 is 23.8 Å². The Balaban J connectivity index is 1.77. The van der Waals surface area contributed by atoms with E-state index in [1.165, 1.54) is 21.1 Å². The topological polar surface area (TPSA) is 85.9 Å². The minimum absolute atomic E-state index is 0.162. The van der Waals surface area contributed by atoms with E-state index in [0.717, 1.165) is 5.56 Å². The van der Waals surface area contributed by atoms with Crippen LogP contribution in [0.15, 0.2) is 66.7 Å². The fourth-order valence-corrected chi connectivity index (χ4v) is 2.93. The average Bonchev–Trinajstić information content (AvgIpc) is 2.78. The van der Waals surface area contributed by atoms with Crippen LogP contribution in [0.25, 0.3) is 0 Å². The van der Waals surface area contributed by atoms with Gasteiger partial charge in [-0.25, -0.2) is 0 Å². The number of amides is 2. The van der Waals surface area contributed by atoms with Gasteiger partial charge in [0.15, 0.2) is 11.5 Å². The Morgan fingerprint density at radius 1 is 0.806 bits per heavy atom. The maximum absolute atomic E-state index is 12.8. The molecule has 2 N–H and O–H groups in total. The highest BCUT2D eigenvalue weighted by Gasteiger charge is 2.18. The van der Waals surface area contributed by atoms with Gasteiger partial charge in [-0.1, -0.05) is 30.3 Å². The summed E-state index contributed by atoms with van der Waals surface area (Å²) in [5.41, 5.74) is 2.58. The zero-order valence-electron chi connectivity index (χ0n) is 17.6. The lowest BCUT2D eigenvalue weighted by Crippen LogP contribution is -2.13. The smallest absolute Gasteiger partial charge is 0.255 e. The van der Waals surface area contributed by atoms with Crippen LogP contribution in [0.5, 0.6) is 17.2 Å². The van der Waals surface area contributed by atoms with E-state index < -0.39 is 0 Å². The second kappa shape index (κ2) is 10.2. The molecule has 0 spiro atoms. The summed E-state index contributed by atoms with van der Waals surface area (Å²) < 4.78 is 16.8. The number of hydrogen-bond acceptors (Lipinski definition) is 5. The molecule has 0 aliphatic carbocycles. The van der Waals surface area contributed by atoms with Crippen molar-refractivity contribution in [2.24, 2.45) is 0 Å². The summed E-state index contributed by atoms with van der Waals surface area (Å²) in [5.74, 6) is 0.706. The lowest BCUT2D eigenvalue weighted by atomic mass is 10.1. The zero-order valence-corrected chi connectivity index (χ0v) is 17.6. The second-order valence-electron chi connectivity index (χ2n) is 6.70. The van der Waals surface area contributed by atoms with Crippen LogP contribution in [0.2, 0.25) is 0 Å². The Morgan fingerprint density at radius 2 is 1.35 bits per heavy atom. The minimum Gasteiger partial charge on any atom is -0.493 e. The first kappa shape index (κ1) is 21.7. The third-order valence-corrected chi connectivity index (χ3v) is 4.41. The molecule has 0 aromatic heterocycles. The average molecular weight is 420 g/mol. The molecular formula is C24H24N2O5. The molecule has 0 bridgehead atoms. The molecule has 3 aromatic carbocycles. The summed E-state index contributed by atoms with van der Waals surface area (Å²) in [4.78, 5) is 23.9. The first-order chi connectivity index (χ1) is 15.0. The second-order valence-corrected chi connectivity index (χ2v) is 6.70. The van der Waals surface area contributed by atoms with Gasteiger partial charge in [-0.2, -0.15) is 0 Å². The summed E-state index contributed by atoms with van der Waals surface area (Å²) in [6.07, 6.45) is 0. The van der Waals surface area contributed by atoms with E-state index in [-0.39, 0.29) is 11.8 Å². The van der Waals surface area contributed by atoms with E-state index in [1.807, 2.05) is 30.3 Å². The molecule has 0 radical (unpaired) electrons. The van der Waals surface area contributed by atoms with Crippen LogP contribution < -0.4 is 24.8 Å². The number of hydrogen-bond donors (Lipinski definition) is 2. The highest BCUT2D eigenvalue weighted by atomic mass is 16.5. The first-order valence-corrected chi connectivity index (χ1v) is 9.62. The Morgan fingerprint density at radius 3 is 1.87 bits per heavy atom. The summed E-state index contributed by atoms with van der Waals surface area (Å²) in [6.45, 7) is 1.77. The van der Waals surface area contributed by atoms with Gasteiger partial charge in [0.05, 0.1) is 14.2 Å². The number of benzene rings is 3. The van der Waals surface area contributed by atoms with E-state index in [9.17, 15) is 9.59 Å². The van der Waals surface area contributed by atoms with Gasteiger partial charge in [-0.05, 0) is 42.0 Å². The van der Waals surface area contributed by atoms with Crippen LogP contribution in [-0.2, 0) is 11.4 Å². The van der Waals surface area contributed by atoms with Crippen molar-refractivity contribution in [3.05, 3.63) is 77.9 Å². The normalized spacial score (nSPS) is 10.2. The lowest BCUT2D eigenvalue weighted by Gasteiger charge is -2.16. The van der Waals surface area contributed by atoms with E-state index >= 15 is 0 Å². The van der Waals surface area contributed by atoms with Gasteiger partial charge in [0.25, 0.3) is 5.91 Å². The maximum Gasteiger partial charge on any atom is 0.255 e. The Bertz CT molecular complexity index is 1020. The number of methoxy groups -OCH3 is 2. The van der Waals surface area contributed by atoms with Gasteiger partial charge in [0.2, 0.25) is 11.7 Å². The van der Waals surface area contributed by atoms with Crippen molar-refractivity contribution >= 4 is 23.2 Å². The summed E-state index contributed by atoms with van der Waals surface area (Å²) >= 11 is 0. The Kier molecular flexibility index (Phi) is 7.11. The minimum atomic E-state index is -0.335. The van der Waals surface area contributed by atoms with Crippen molar-refractivity contribution in [3.63, 3.8) is 0 Å². The van der Waals surface area contributed by atoms with Crippen molar-refractivity contribution in [3.8, 4) is 17.2 Å². The molecule has 2 amide bonds. The van der Waals surface area contributed by atoms with Crippen LogP contribution >= 0.6 is 0 Å². The molecule has 3 rings (SSSR count). The standard InChI is InChI=1S/C24H24N2O5/c1-16(27)25-19-9-11-20(12-10-19)26-24(28)18-13-21(29-2)23(22(14-18)30-3)31-15-17-7-5-4-6-8-17/h4-14H,15H2,1-3H3,(H,25,27)(H,26,28). The number of ether oxygens (including phenoxy) is 3. The highest BCUT2D eigenvalue weighted by molar-refractivity contribution is 6.05. The van der Waals surface area contributed by atoms with Gasteiger partial charge in [-0.3, -0.25) is 9.59 Å². The van der Waals surface area contributed by atoms with E-state index in [4.69, 9.17) is 14.2 Å². The molecule has 7 nitrogen and oxygen atoms in total. The molecule has 31 heavy (non-hydrogen) atoms. The van der Waals surface area contributed by atoms with Crippen LogP contribution in [0.4, 0.5) is 11.4 Å². The molecule has 0 atom stereocenters. The summed E-state index contributed by atoms with van der Waals surface area (Å²) in [7, 11) is 3.01. The molecule has 0 aliphatic rings. The monoisotopic (exact) mass is 420 g/mol. The molecule has 3 aromatic rings. The summed E-state index contributed by atoms with van der Waals surface area (Å²) in [6, 6.07) is 19.7. The molecule has 0 unspecified atom stereocenters. The molecule has 7 heteroatoms. The summed E-state index contributed by atoms with van der Waals surface area (Å²) in [5, 5.41) is 5.49. The number of carbonyl (C=O) groups excluding carboxylic acids is 2. The molecular weight excluding hydrogens is 396 g/mol. The Labute approximate surface area is 180 Å². The molecule has 0 fully saturated rings. The first-order valence-electron chi connectivity index (χ1n) is 9.62. The van der Waals surface area contributed by atoms with Crippen LogP contribution in [-0.4, -0.2) is 26.0 Å². The fourth-order valence-electron chi connectivity index (χ4n) is 2.93. The number of rotatable bonds is 8. The predicted molar refractivity (Wildman–Crippen MR) is 119 cm³/mol. The van der Waals surface area contributed by atoms with E-state index in [2.05, 4.69) is 10.6 Å². The number of anilines is 2. The largest absolute Gasteiger partial charge is 0.493 e. The quantitative estimate of drug-likeness (QED) is 0.561. The van der Waals surface area contributed by atoms with Crippen molar-refractivity contribution in [1.29, 1.82) is 0 Å². The van der Waals surface area contributed by atoms with Crippen LogP contribution in [0, 0.1) is 0 Å². The van der Waals surface area contributed by atoms with E-state index in [1.54, 1.807) is 36.4 Å². The maximum atomic E-state index is 12.8. The lowest BCUT2D eigenvalue weighted by molar-refractivity contribution is -0.114. The van der Waals surface area contributed by atoms with Gasteiger partial charge in [0, 0.05) is 23.9 Å². The SMILES string of the molecule is COc1cc(C(=O)Nc2ccc(NC(C)=O)cc2)cc(OC)c1OCc1ccccc1. The van der Waals surface area contributed by atoms with Gasteiger partial charge in [0.1, 0.15) is 6.61 Å². The van der Waals surface area contributed by atoms with Crippen LogP contribution in [0.1, 0.15) is 22.8 Å². The van der Waals surface area contributed by atoms with Crippen molar-refractivity contribution in [2.75, 3.05) is 24.9 Å². The third kappa shape index (κ3) is 5.76. The zero-order chi connectivity index (χ0) is 22.2. The third-order valence-electron chi connectivity index (χ3n) is 4.41. The van der Waals surface area contributed by atoms with E-state index in [0.29, 0.717) is 40.8 Å². The molecule has 160 valence electrons. The fraction of sp³-hybridized carbons (Fsp3) is 0.167. The van der Waals surface area contributed by atoms with Gasteiger partial charge in [-0.15, -0.1) is 0 Å². The predicted octanol–water partition coefficient (Wildman–Crippen LogP) is 4.49. The number of nitrogens with one attached hydrogen (secondary N) is 2. The number of carbonyl (C=O) groups is 2. The van der Waals surface area contributed by atoms with Crippen molar-refractivity contribution in [1.82, 2.24) is 0 Å².